The summed E-state index contributed by atoms with van der Waals surface area (Å²) in [6, 6.07) is 12.1. The number of hydrogen-bond donors (Lipinski definition) is 0. The minimum atomic E-state index is -0.232. The molecule has 0 bridgehead atoms. The maximum atomic E-state index is 6.48. The summed E-state index contributed by atoms with van der Waals surface area (Å²) in [5.74, 6) is 0. The molecule has 0 saturated carbocycles. The molecule has 2 nitrogen and oxygen atoms in total. The molecule has 0 aliphatic carbocycles. The van der Waals surface area contributed by atoms with E-state index < -0.39 is 0 Å². The van der Waals surface area contributed by atoms with Gasteiger partial charge in [0, 0.05) is 4.88 Å². The van der Waals surface area contributed by atoms with E-state index in [1.165, 1.54) is 15.3 Å². The average Bonchev–Trinajstić information content (AvgIpc) is 3.07. The molecule has 0 radical (unpaired) electrons. The Morgan fingerprint density at radius 3 is 2.45 bits per heavy atom. The van der Waals surface area contributed by atoms with Crippen molar-refractivity contribution in [3.05, 3.63) is 57.4 Å². The minimum absolute atomic E-state index is 0.232. The van der Waals surface area contributed by atoms with Crippen LogP contribution < -0.4 is 0 Å². The highest BCUT2D eigenvalue weighted by Gasteiger charge is 2.17. The molecule has 0 saturated heterocycles. The highest BCUT2D eigenvalue weighted by molar-refractivity contribution is 7.21. The van der Waals surface area contributed by atoms with E-state index in [0.717, 1.165) is 15.6 Å². The highest BCUT2D eigenvalue weighted by Crippen LogP contribution is 2.37. The fraction of sp³-hybridized carbons (Fsp3) is 0.200. The van der Waals surface area contributed by atoms with Gasteiger partial charge in [-0.1, -0.05) is 41.7 Å². The molecule has 1 aromatic carbocycles. The van der Waals surface area contributed by atoms with Gasteiger partial charge in [0.15, 0.2) is 5.01 Å². The Morgan fingerprint density at radius 1 is 1.05 bits per heavy atom. The normalized spacial score (nSPS) is 12.6. The van der Waals surface area contributed by atoms with Crippen molar-refractivity contribution in [2.24, 2.45) is 0 Å². The summed E-state index contributed by atoms with van der Waals surface area (Å²) in [5, 5.41) is 10.1. The van der Waals surface area contributed by atoms with Crippen LogP contribution in [-0.4, -0.2) is 10.2 Å². The van der Waals surface area contributed by atoms with Gasteiger partial charge in [0.25, 0.3) is 0 Å². The highest BCUT2D eigenvalue weighted by atomic mass is 35.5. The first-order valence-electron chi connectivity index (χ1n) is 6.25. The molecule has 0 aliphatic heterocycles. The van der Waals surface area contributed by atoms with Gasteiger partial charge in [-0.15, -0.1) is 33.1 Å². The number of hydrogen-bond acceptors (Lipinski definition) is 4. The van der Waals surface area contributed by atoms with Crippen LogP contribution in [0.15, 0.2) is 36.4 Å². The Kier molecular flexibility index (Phi) is 3.87. The van der Waals surface area contributed by atoms with E-state index >= 15 is 0 Å². The first kappa shape index (κ1) is 13.7. The number of rotatable bonds is 3. The van der Waals surface area contributed by atoms with Crippen LogP contribution >= 0.6 is 34.3 Å². The van der Waals surface area contributed by atoms with Crippen LogP contribution in [0.4, 0.5) is 0 Å². The van der Waals surface area contributed by atoms with Crippen molar-refractivity contribution in [3.8, 4) is 9.88 Å². The zero-order valence-electron chi connectivity index (χ0n) is 11.1. The van der Waals surface area contributed by atoms with Crippen molar-refractivity contribution in [2.75, 3.05) is 0 Å². The largest absolute Gasteiger partial charge is 0.157 e. The van der Waals surface area contributed by atoms with Crippen molar-refractivity contribution in [2.45, 2.75) is 19.2 Å². The zero-order chi connectivity index (χ0) is 14.1. The molecular formula is C15H13ClN2S2. The van der Waals surface area contributed by atoms with Crippen LogP contribution in [0.25, 0.3) is 9.88 Å². The molecule has 102 valence electrons. The van der Waals surface area contributed by atoms with Crippen molar-refractivity contribution < 1.29 is 0 Å². The zero-order valence-corrected chi connectivity index (χ0v) is 13.5. The van der Waals surface area contributed by atoms with Crippen molar-refractivity contribution >= 4 is 34.3 Å². The number of thiophene rings is 1. The number of halogens is 1. The van der Waals surface area contributed by atoms with Gasteiger partial charge in [-0.3, -0.25) is 0 Å². The molecule has 0 amide bonds. The molecule has 0 spiro atoms. The molecule has 5 heteroatoms. The maximum absolute atomic E-state index is 6.48. The second-order valence-corrected chi connectivity index (χ2v) is 7.27. The fourth-order valence-electron chi connectivity index (χ4n) is 1.88. The minimum Gasteiger partial charge on any atom is -0.141 e. The van der Waals surface area contributed by atoms with Gasteiger partial charge >= 0.3 is 0 Å². The quantitative estimate of drug-likeness (QED) is 0.619. The van der Waals surface area contributed by atoms with E-state index in [9.17, 15) is 0 Å². The third-order valence-electron chi connectivity index (χ3n) is 3.13. The van der Waals surface area contributed by atoms with Crippen LogP contribution in [0.3, 0.4) is 0 Å². The molecular weight excluding hydrogens is 308 g/mol. The lowest BCUT2D eigenvalue weighted by molar-refractivity contribution is 0.989. The van der Waals surface area contributed by atoms with Gasteiger partial charge in [0.1, 0.15) is 10.4 Å². The van der Waals surface area contributed by atoms with E-state index in [0.29, 0.717) is 0 Å². The summed E-state index contributed by atoms with van der Waals surface area (Å²) in [5.41, 5.74) is 2.35. The van der Waals surface area contributed by atoms with Crippen LogP contribution in [-0.2, 0) is 0 Å². The molecule has 1 atom stereocenters. The molecule has 0 N–H and O–H groups in total. The van der Waals surface area contributed by atoms with Gasteiger partial charge < -0.3 is 0 Å². The van der Waals surface area contributed by atoms with Gasteiger partial charge in [0.05, 0.1) is 4.88 Å². The van der Waals surface area contributed by atoms with E-state index in [1.54, 1.807) is 22.7 Å². The van der Waals surface area contributed by atoms with E-state index in [4.69, 9.17) is 11.6 Å². The van der Waals surface area contributed by atoms with Crippen molar-refractivity contribution in [1.29, 1.82) is 0 Å². The molecule has 20 heavy (non-hydrogen) atoms. The number of aromatic nitrogens is 2. The van der Waals surface area contributed by atoms with Gasteiger partial charge in [-0.2, -0.15) is 0 Å². The standard InChI is InChI=1S/C15H13ClN2S2/c1-9-8-12(19-10(9)2)14-17-18-15(20-14)13(16)11-6-4-3-5-7-11/h3-8,13H,1-2H3. The molecule has 0 fully saturated rings. The molecule has 0 aliphatic rings. The lowest BCUT2D eigenvalue weighted by Crippen LogP contribution is -1.91. The summed E-state index contributed by atoms with van der Waals surface area (Å²) in [6.07, 6.45) is 0. The summed E-state index contributed by atoms with van der Waals surface area (Å²) < 4.78 is 0. The van der Waals surface area contributed by atoms with Gasteiger partial charge in [0.2, 0.25) is 0 Å². The lowest BCUT2D eigenvalue weighted by Gasteiger charge is -2.04. The van der Waals surface area contributed by atoms with Crippen LogP contribution in [0, 0.1) is 13.8 Å². The number of aryl methyl sites for hydroxylation is 2. The average molecular weight is 321 g/mol. The summed E-state index contributed by atoms with van der Waals surface area (Å²) in [4.78, 5) is 2.49. The predicted molar refractivity (Wildman–Crippen MR) is 86.8 cm³/mol. The van der Waals surface area contributed by atoms with Gasteiger partial charge in [-0.05, 0) is 31.0 Å². The van der Waals surface area contributed by atoms with E-state index in [-0.39, 0.29) is 5.38 Å². The van der Waals surface area contributed by atoms with Gasteiger partial charge in [-0.25, -0.2) is 0 Å². The summed E-state index contributed by atoms with van der Waals surface area (Å²) >= 11 is 9.80. The van der Waals surface area contributed by atoms with Crippen molar-refractivity contribution in [1.82, 2.24) is 10.2 Å². The van der Waals surface area contributed by atoms with Crippen LogP contribution in [0.5, 0.6) is 0 Å². The molecule has 2 heterocycles. The number of benzene rings is 1. The van der Waals surface area contributed by atoms with Crippen LogP contribution in [0.2, 0.25) is 0 Å². The smallest absolute Gasteiger partial charge is 0.141 e. The Hall–Kier alpha value is -1.23. The molecule has 3 aromatic rings. The second-order valence-electron chi connectivity index (χ2n) is 4.57. The Balaban J connectivity index is 1.90. The van der Waals surface area contributed by atoms with Crippen LogP contribution in [0.1, 0.15) is 26.4 Å². The summed E-state index contributed by atoms with van der Waals surface area (Å²) in [7, 11) is 0. The Morgan fingerprint density at radius 2 is 1.80 bits per heavy atom. The maximum Gasteiger partial charge on any atom is 0.157 e. The molecule has 1 unspecified atom stereocenters. The monoisotopic (exact) mass is 320 g/mol. The third kappa shape index (κ3) is 2.64. The lowest BCUT2D eigenvalue weighted by atomic mass is 10.1. The topological polar surface area (TPSA) is 25.8 Å². The molecule has 3 rings (SSSR count). The molecule has 2 aromatic heterocycles. The Bertz CT molecular complexity index is 699. The van der Waals surface area contributed by atoms with E-state index in [1.807, 2.05) is 30.3 Å². The SMILES string of the molecule is Cc1cc(-c2nnc(C(Cl)c3ccccc3)s2)sc1C. The predicted octanol–water partition coefficient (Wildman–Crippen LogP) is 5.21. The van der Waals surface area contributed by atoms with E-state index in [2.05, 4.69) is 30.1 Å². The number of nitrogens with zero attached hydrogens (tertiary/aromatic N) is 2. The second kappa shape index (κ2) is 5.64. The first-order chi connectivity index (χ1) is 9.65. The number of alkyl halides is 1. The first-order valence-corrected chi connectivity index (χ1v) is 8.32. The third-order valence-corrected chi connectivity index (χ3v) is 6.02. The Labute approximate surface area is 131 Å². The van der Waals surface area contributed by atoms with Crippen molar-refractivity contribution in [3.63, 3.8) is 0 Å². The summed E-state index contributed by atoms with van der Waals surface area (Å²) in [6.45, 7) is 4.24. The fourth-order valence-corrected chi connectivity index (χ4v) is 4.13.